The van der Waals surface area contributed by atoms with Crippen LogP contribution < -0.4 is 5.84 Å². The number of thioether (sulfide) groups is 1. The van der Waals surface area contributed by atoms with E-state index >= 15 is 0 Å². The molecule has 4 aromatic rings. The molecule has 2 N–H and O–H groups in total. The maximum atomic E-state index is 6.24. The molecule has 27 heavy (non-hydrogen) atoms. The predicted octanol–water partition coefficient (Wildman–Crippen LogP) is 5.28. The average molecular weight is 438 g/mol. The zero-order valence-electron chi connectivity index (χ0n) is 14.0. The minimum absolute atomic E-state index is 0.464. The van der Waals surface area contributed by atoms with Gasteiger partial charge in [0.25, 0.3) is 0 Å². The van der Waals surface area contributed by atoms with E-state index in [1.165, 1.54) is 16.4 Å². The van der Waals surface area contributed by atoms with Gasteiger partial charge in [0, 0.05) is 16.3 Å². The number of benzene rings is 1. The van der Waals surface area contributed by atoms with Gasteiger partial charge in [-0.15, -0.1) is 21.5 Å². The standard InChI is InChI=1S/C17H13Cl2N5OS2/c1-9-13(21-16(25-9)14-3-2-6-26-14)8-27-17-23-22-15(24(17)20)11-5-4-10(18)7-12(11)19/h2-7H,8,20H2,1H3. The summed E-state index contributed by atoms with van der Waals surface area (Å²) in [6, 6.07) is 9.08. The highest BCUT2D eigenvalue weighted by Crippen LogP contribution is 2.32. The predicted molar refractivity (Wildman–Crippen MR) is 110 cm³/mol. The second-order valence-electron chi connectivity index (χ2n) is 5.59. The first kappa shape index (κ1) is 18.4. The third kappa shape index (κ3) is 3.70. The molecule has 0 aliphatic carbocycles. The van der Waals surface area contributed by atoms with Crippen LogP contribution in [0, 0.1) is 6.92 Å². The highest BCUT2D eigenvalue weighted by molar-refractivity contribution is 7.98. The number of rotatable bonds is 5. The van der Waals surface area contributed by atoms with Crippen molar-refractivity contribution in [1.82, 2.24) is 19.9 Å². The fraction of sp³-hybridized carbons (Fsp3) is 0.118. The van der Waals surface area contributed by atoms with Crippen molar-refractivity contribution in [1.29, 1.82) is 0 Å². The summed E-state index contributed by atoms with van der Waals surface area (Å²) < 4.78 is 7.17. The zero-order chi connectivity index (χ0) is 19.0. The van der Waals surface area contributed by atoms with Gasteiger partial charge in [-0.3, -0.25) is 0 Å². The van der Waals surface area contributed by atoms with Crippen molar-refractivity contribution in [3.05, 3.63) is 57.2 Å². The molecule has 10 heteroatoms. The molecule has 0 bridgehead atoms. The minimum atomic E-state index is 0.464. The number of nitrogen functional groups attached to an aromatic ring is 1. The van der Waals surface area contributed by atoms with Gasteiger partial charge < -0.3 is 10.3 Å². The number of aryl methyl sites for hydroxylation is 1. The molecule has 0 saturated heterocycles. The lowest BCUT2D eigenvalue weighted by Gasteiger charge is -2.05. The van der Waals surface area contributed by atoms with Crippen molar-refractivity contribution in [3.63, 3.8) is 0 Å². The molecule has 0 amide bonds. The van der Waals surface area contributed by atoms with E-state index in [0.29, 0.717) is 38.2 Å². The molecule has 6 nitrogen and oxygen atoms in total. The molecule has 0 unspecified atom stereocenters. The van der Waals surface area contributed by atoms with Gasteiger partial charge in [-0.1, -0.05) is 41.0 Å². The van der Waals surface area contributed by atoms with Gasteiger partial charge in [0.2, 0.25) is 11.0 Å². The summed E-state index contributed by atoms with van der Waals surface area (Å²) in [6.45, 7) is 1.89. The number of nitrogens with zero attached hydrogens (tertiary/aromatic N) is 4. The summed E-state index contributed by atoms with van der Waals surface area (Å²) in [6.07, 6.45) is 0. The van der Waals surface area contributed by atoms with Crippen LogP contribution in [0.25, 0.3) is 22.2 Å². The average Bonchev–Trinajstić information content (AvgIpc) is 3.35. The quantitative estimate of drug-likeness (QED) is 0.337. The normalized spacial score (nSPS) is 11.2. The lowest BCUT2D eigenvalue weighted by Crippen LogP contribution is -2.11. The molecule has 0 aliphatic rings. The summed E-state index contributed by atoms with van der Waals surface area (Å²) in [5.74, 6) is 8.59. The first-order valence-corrected chi connectivity index (χ1v) is 10.4. The Hall–Kier alpha value is -2.00. The molecule has 138 valence electrons. The molecule has 3 aromatic heterocycles. The Morgan fingerprint density at radius 3 is 2.85 bits per heavy atom. The van der Waals surface area contributed by atoms with Crippen LogP contribution in [0.2, 0.25) is 10.0 Å². The smallest absolute Gasteiger partial charge is 0.236 e. The van der Waals surface area contributed by atoms with Gasteiger partial charge in [-0.05, 0) is 36.6 Å². The summed E-state index contributed by atoms with van der Waals surface area (Å²) in [7, 11) is 0. The Kier molecular flexibility index (Phi) is 5.14. The van der Waals surface area contributed by atoms with E-state index in [4.69, 9.17) is 33.5 Å². The molecule has 0 fully saturated rings. The molecule has 4 rings (SSSR count). The van der Waals surface area contributed by atoms with Crippen LogP contribution in [0.15, 0.2) is 45.3 Å². The minimum Gasteiger partial charge on any atom is -0.440 e. The van der Waals surface area contributed by atoms with Gasteiger partial charge >= 0.3 is 0 Å². The van der Waals surface area contributed by atoms with Gasteiger partial charge in [-0.2, -0.15) is 0 Å². The van der Waals surface area contributed by atoms with Crippen LogP contribution in [0.5, 0.6) is 0 Å². The maximum absolute atomic E-state index is 6.24. The summed E-state index contributed by atoms with van der Waals surface area (Å²) in [4.78, 5) is 5.57. The number of hydrogen-bond donors (Lipinski definition) is 1. The number of halogens is 2. The number of hydrogen-bond acceptors (Lipinski definition) is 7. The van der Waals surface area contributed by atoms with E-state index in [1.54, 1.807) is 29.5 Å². The van der Waals surface area contributed by atoms with Gasteiger partial charge in [0.05, 0.1) is 15.6 Å². The van der Waals surface area contributed by atoms with E-state index in [9.17, 15) is 0 Å². The fourth-order valence-electron chi connectivity index (χ4n) is 2.43. The lowest BCUT2D eigenvalue weighted by molar-refractivity contribution is 0.542. The van der Waals surface area contributed by atoms with Crippen LogP contribution >= 0.6 is 46.3 Å². The van der Waals surface area contributed by atoms with Crippen LogP contribution in [0.3, 0.4) is 0 Å². The molecule has 0 aliphatic heterocycles. The summed E-state index contributed by atoms with van der Waals surface area (Å²) in [5, 5.41) is 11.9. The lowest BCUT2D eigenvalue weighted by atomic mass is 10.2. The zero-order valence-corrected chi connectivity index (χ0v) is 17.2. The number of oxazole rings is 1. The second-order valence-corrected chi connectivity index (χ2v) is 8.32. The van der Waals surface area contributed by atoms with Crippen LogP contribution in [-0.2, 0) is 5.75 Å². The SMILES string of the molecule is Cc1oc(-c2cccs2)nc1CSc1nnc(-c2ccc(Cl)cc2Cl)n1N. The molecular formula is C17H13Cl2N5OS2. The number of thiophene rings is 1. The topological polar surface area (TPSA) is 82.8 Å². The van der Waals surface area contributed by atoms with E-state index in [-0.39, 0.29) is 0 Å². The number of aromatic nitrogens is 4. The molecule has 0 spiro atoms. The van der Waals surface area contributed by atoms with E-state index in [0.717, 1.165) is 16.3 Å². The van der Waals surface area contributed by atoms with Crippen molar-refractivity contribution >= 4 is 46.3 Å². The van der Waals surface area contributed by atoms with Crippen molar-refractivity contribution in [2.45, 2.75) is 17.8 Å². The van der Waals surface area contributed by atoms with E-state index in [2.05, 4.69) is 15.2 Å². The summed E-state index contributed by atoms with van der Waals surface area (Å²) >= 11 is 15.2. The van der Waals surface area contributed by atoms with Crippen molar-refractivity contribution in [2.75, 3.05) is 5.84 Å². The van der Waals surface area contributed by atoms with Crippen molar-refractivity contribution in [3.8, 4) is 22.2 Å². The summed E-state index contributed by atoms with van der Waals surface area (Å²) in [5.41, 5.74) is 1.51. The molecule has 0 atom stereocenters. The maximum Gasteiger partial charge on any atom is 0.236 e. The third-order valence-corrected chi connectivity index (χ3v) is 6.16. The Morgan fingerprint density at radius 2 is 2.11 bits per heavy atom. The fourth-order valence-corrected chi connectivity index (χ4v) is 4.43. The molecule has 0 saturated carbocycles. The van der Waals surface area contributed by atoms with E-state index in [1.807, 2.05) is 24.4 Å². The van der Waals surface area contributed by atoms with Gasteiger partial charge in [0.15, 0.2) is 5.82 Å². The Bertz CT molecular complexity index is 1090. The molecular weight excluding hydrogens is 425 g/mol. The first-order valence-electron chi connectivity index (χ1n) is 7.82. The molecule has 1 aromatic carbocycles. The second kappa shape index (κ2) is 7.55. The van der Waals surface area contributed by atoms with Crippen molar-refractivity contribution in [2.24, 2.45) is 0 Å². The molecule has 3 heterocycles. The third-order valence-electron chi connectivity index (χ3n) is 3.80. The van der Waals surface area contributed by atoms with Crippen molar-refractivity contribution < 1.29 is 4.42 Å². The highest BCUT2D eigenvalue weighted by Gasteiger charge is 2.17. The van der Waals surface area contributed by atoms with E-state index < -0.39 is 0 Å². The number of nitrogens with two attached hydrogens (primary N) is 1. The Morgan fingerprint density at radius 1 is 1.26 bits per heavy atom. The van der Waals surface area contributed by atoms with Crippen LogP contribution in [0.1, 0.15) is 11.5 Å². The monoisotopic (exact) mass is 437 g/mol. The van der Waals surface area contributed by atoms with Crippen LogP contribution in [-0.4, -0.2) is 19.9 Å². The highest BCUT2D eigenvalue weighted by atomic mass is 35.5. The van der Waals surface area contributed by atoms with Gasteiger partial charge in [0.1, 0.15) is 5.76 Å². The molecule has 0 radical (unpaired) electrons. The first-order chi connectivity index (χ1) is 13.0. The Balaban J connectivity index is 1.54. The largest absolute Gasteiger partial charge is 0.440 e. The Labute approximate surface area is 173 Å². The van der Waals surface area contributed by atoms with Gasteiger partial charge in [-0.25, -0.2) is 9.66 Å². The van der Waals surface area contributed by atoms with Crippen LogP contribution in [0.4, 0.5) is 0 Å².